The maximum Gasteiger partial charge on any atom is 0.119 e. The zero-order valence-corrected chi connectivity index (χ0v) is 12.5. The molecule has 3 heteroatoms. The maximum absolute atomic E-state index is 10.2. The molecule has 3 nitrogen and oxygen atoms in total. The Kier molecular flexibility index (Phi) is 4.20. The standard InChI is InChI=1S/C20H17O3/c21-18-9-3-1-6-15(18)12-14-8-5-11-20(23)17(14)13-16-7-2-4-10-19(16)22/h1-7,9-11,21-23H,12-13H2. The molecule has 1 radical (unpaired) electrons. The van der Waals surface area contributed by atoms with Gasteiger partial charge in [0.2, 0.25) is 0 Å². The molecule has 0 bridgehead atoms. The molecular formula is C20H17O3. The van der Waals surface area contributed by atoms with Gasteiger partial charge in [-0.05, 0) is 41.0 Å². The lowest BCUT2D eigenvalue weighted by molar-refractivity contribution is 0.461. The van der Waals surface area contributed by atoms with Crippen LogP contribution in [0.4, 0.5) is 0 Å². The number of rotatable bonds is 4. The summed E-state index contributed by atoms with van der Waals surface area (Å²) in [4.78, 5) is 0. The summed E-state index contributed by atoms with van der Waals surface area (Å²) in [5.74, 6) is 0.583. The number of phenolic OH excluding ortho intramolecular Hbond substituents is 3. The Bertz CT molecular complexity index is 825. The van der Waals surface area contributed by atoms with Crippen molar-refractivity contribution in [3.63, 3.8) is 0 Å². The van der Waals surface area contributed by atoms with Gasteiger partial charge in [0.05, 0.1) is 0 Å². The Morgan fingerprint density at radius 1 is 0.652 bits per heavy atom. The molecule has 3 aromatic carbocycles. The van der Waals surface area contributed by atoms with Crippen molar-refractivity contribution in [3.05, 3.63) is 89.0 Å². The lowest BCUT2D eigenvalue weighted by Crippen LogP contribution is -1.99. The summed E-state index contributed by atoms with van der Waals surface area (Å²) in [6.07, 6.45) is 0.864. The summed E-state index contributed by atoms with van der Waals surface area (Å²) in [5, 5.41) is 30.1. The molecule has 0 aliphatic rings. The Morgan fingerprint density at radius 2 is 1.22 bits per heavy atom. The maximum atomic E-state index is 10.2. The molecule has 0 spiro atoms. The SMILES string of the molecule is Oc1ccccc1Cc1[c]ccc(O)c1Cc1ccccc1O. The monoisotopic (exact) mass is 305 g/mol. The number of phenols is 3. The van der Waals surface area contributed by atoms with Crippen LogP contribution in [0.2, 0.25) is 0 Å². The summed E-state index contributed by atoms with van der Waals surface area (Å²) < 4.78 is 0. The van der Waals surface area contributed by atoms with Gasteiger partial charge in [-0.3, -0.25) is 0 Å². The smallest absolute Gasteiger partial charge is 0.119 e. The molecule has 3 aromatic rings. The van der Waals surface area contributed by atoms with E-state index in [1.807, 2.05) is 24.3 Å². The van der Waals surface area contributed by atoms with Gasteiger partial charge in [-0.15, -0.1) is 0 Å². The first kappa shape index (κ1) is 15.0. The van der Waals surface area contributed by atoms with Crippen molar-refractivity contribution in [1.82, 2.24) is 0 Å². The van der Waals surface area contributed by atoms with Crippen molar-refractivity contribution in [1.29, 1.82) is 0 Å². The molecule has 0 atom stereocenters. The quantitative estimate of drug-likeness (QED) is 0.687. The third-order valence-electron chi connectivity index (χ3n) is 3.89. The molecule has 0 aliphatic heterocycles. The van der Waals surface area contributed by atoms with Crippen molar-refractivity contribution in [3.8, 4) is 17.2 Å². The molecule has 115 valence electrons. The molecule has 3 N–H and O–H groups in total. The number of hydrogen-bond donors (Lipinski definition) is 3. The fourth-order valence-electron chi connectivity index (χ4n) is 2.62. The minimum atomic E-state index is 0.164. The zero-order chi connectivity index (χ0) is 16.2. The van der Waals surface area contributed by atoms with E-state index in [9.17, 15) is 15.3 Å². The second-order valence-electron chi connectivity index (χ2n) is 5.43. The average Bonchev–Trinajstić information content (AvgIpc) is 2.54. The van der Waals surface area contributed by atoms with Crippen LogP contribution in [0, 0.1) is 6.07 Å². The van der Waals surface area contributed by atoms with Gasteiger partial charge in [0, 0.05) is 18.4 Å². The van der Waals surface area contributed by atoms with Crippen LogP contribution in [0.25, 0.3) is 0 Å². The summed E-state index contributed by atoms with van der Waals surface area (Å²) in [5.41, 5.74) is 3.01. The normalized spacial score (nSPS) is 10.6. The van der Waals surface area contributed by atoms with Crippen LogP contribution < -0.4 is 0 Å². The largest absolute Gasteiger partial charge is 0.508 e. The van der Waals surface area contributed by atoms with E-state index in [2.05, 4.69) is 6.07 Å². The molecule has 3 rings (SSSR count). The molecular weight excluding hydrogens is 288 g/mol. The topological polar surface area (TPSA) is 60.7 Å². The lowest BCUT2D eigenvalue weighted by Gasteiger charge is -2.13. The van der Waals surface area contributed by atoms with Gasteiger partial charge in [0.1, 0.15) is 17.2 Å². The Balaban J connectivity index is 1.97. The van der Waals surface area contributed by atoms with Crippen LogP contribution in [0.1, 0.15) is 22.3 Å². The van der Waals surface area contributed by atoms with E-state index in [0.29, 0.717) is 18.4 Å². The molecule has 0 aromatic heterocycles. The van der Waals surface area contributed by atoms with Crippen molar-refractivity contribution >= 4 is 0 Å². The fraction of sp³-hybridized carbons (Fsp3) is 0.100. The Morgan fingerprint density at radius 3 is 1.83 bits per heavy atom. The Hall–Kier alpha value is -2.94. The van der Waals surface area contributed by atoms with Gasteiger partial charge >= 0.3 is 0 Å². The zero-order valence-electron chi connectivity index (χ0n) is 12.5. The second-order valence-corrected chi connectivity index (χ2v) is 5.43. The van der Waals surface area contributed by atoms with Crippen molar-refractivity contribution in [2.45, 2.75) is 12.8 Å². The number of aromatic hydroxyl groups is 3. The van der Waals surface area contributed by atoms with E-state index in [1.165, 1.54) is 0 Å². The van der Waals surface area contributed by atoms with E-state index in [1.54, 1.807) is 36.4 Å². The van der Waals surface area contributed by atoms with Crippen LogP contribution >= 0.6 is 0 Å². The van der Waals surface area contributed by atoms with Gasteiger partial charge < -0.3 is 15.3 Å². The van der Waals surface area contributed by atoms with Gasteiger partial charge in [0.25, 0.3) is 0 Å². The van der Waals surface area contributed by atoms with Crippen LogP contribution in [-0.2, 0) is 12.8 Å². The minimum absolute atomic E-state index is 0.164. The highest BCUT2D eigenvalue weighted by molar-refractivity contribution is 5.47. The number of benzene rings is 3. The number of para-hydroxylation sites is 2. The van der Waals surface area contributed by atoms with Crippen LogP contribution in [0.15, 0.2) is 60.7 Å². The molecule has 23 heavy (non-hydrogen) atoms. The highest BCUT2D eigenvalue weighted by atomic mass is 16.3. The fourth-order valence-corrected chi connectivity index (χ4v) is 2.62. The van der Waals surface area contributed by atoms with E-state index >= 15 is 0 Å². The third kappa shape index (κ3) is 3.29. The molecule has 0 heterocycles. The molecule has 0 unspecified atom stereocenters. The molecule has 0 aliphatic carbocycles. The van der Waals surface area contributed by atoms with Gasteiger partial charge in [-0.1, -0.05) is 42.5 Å². The van der Waals surface area contributed by atoms with E-state index < -0.39 is 0 Å². The van der Waals surface area contributed by atoms with Crippen molar-refractivity contribution in [2.75, 3.05) is 0 Å². The molecule has 0 saturated carbocycles. The van der Waals surface area contributed by atoms with Crippen molar-refractivity contribution < 1.29 is 15.3 Å². The van der Waals surface area contributed by atoms with Gasteiger partial charge in [-0.2, -0.15) is 0 Å². The first-order valence-electron chi connectivity index (χ1n) is 7.40. The van der Waals surface area contributed by atoms with E-state index in [-0.39, 0.29) is 17.2 Å². The molecule has 0 saturated heterocycles. The average molecular weight is 305 g/mol. The van der Waals surface area contributed by atoms with Crippen LogP contribution in [-0.4, -0.2) is 15.3 Å². The first-order chi connectivity index (χ1) is 11.1. The highest BCUT2D eigenvalue weighted by Crippen LogP contribution is 2.30. The second kappa shape index (κ2) is 6.44. The molecule has 0 fully saturated rings. The minimum Gasteiger partial charge on any atom is -0.508 e. The summed E-state index contributed by atoms with van der Waals surface area (Å²) >= 11 is 0. The molecule has 0 amide bonds. The van der Waals surface area contributed by atoms with E-state index in [4.69, 9.17) is 0 Å². The third-order valence-corrected chi connectivity index (χ3v) is 3.89. The highest BCUT2D eigenvalue weighted by Gasteiger charge is 2.13. The predicted molar refractivity (Wildman–Crippen MR) is 88.8 cm³/mol. The van der Waals surface area contributed by atoms with Gasteiger partial charge in [-0.25, -0.2) is 0 Å². The lowest BCUT2D eigenvalue weighted by atomic mass is 9.94. The summed E-state index contributed by atoms with van der Waals surface area (Å²) in [6.45, 7) is 0. The summed E-state index contributed by atoms with van der Waals surface area (Å²) in [6, 6.07) is 20.6. The van der Waals surface area contributed by atoms with Crippen molar-refractivity contribution in [2.24, 2.45) is 0 Å². The number of hydrogen-bond acceptors (Lipinski definition) is 3. The first-order valence-corrected chi connectivity index (χ1v) is 7.40. The Labute approximate surface area is 135 Å². The van der Waals surface area contributed by atoms with Gasteiger partial charge in [0.15, 0.2) is 0 Å². The summed E-state index contributed by atoms with van der Waals surface area (Å²) in [7, 11) is 0. The van der Waals surface area contributed by atoms with E-state index in [0.717, 1.165) is 16.7 Å². The van der Waals surface area contributed by atoms with Crippen LogP contribution in [0.5, 0.6) is 17.2 Å². The van der Waals surface area contributed by atoms with Crippen LogP contribution in [0.3, 0.4) is 0 Å². The predicted octanol–water partition coefficient (Wildman–Crippen LogP) is 3.79.